The van der Waals surface area contributed by atoms with Crippen LogP contribution in [0.5, 0.6) is 5.75 Å². The zero-order valence-electron chi connectivity index (χ0n) is 14.2. The van der Waals surface area contributed by atoms with Crippen LogP contribution >= 0.6 is 0 Å². The molecule has 1 amide bonds. The van der Waals surface area contributed by atoms with Gasteiger partial charge in [0.05, 0.1) is 31.1 Å². The van der Waals surface area contributed by atoms with E-state index in [1.54, 1.807) is 20.2 Å². The minimum atomic E-state index is -0.585. The highest BCUT2D eigenvalue weighted by molar-refractivity contribution is 5.95. The summed E-state index contributed by atoms with van der Waals surface area (Å²) in [4.78, 5) is 16.6. The number of pyridine rings is 1. The highest BCUT2D eigenvalue weighted by Crippen LogP contribution is 2.17. The van der Waals surface area contributed by atoms with Crippen molar-refractivity contribution in [3.63, 3.8) is 0 Å². The maximum Gasteiger partial charge on any atom is 0.253 e. The molecule has 128 valence electrons. The summed E-state index contributed by atoms with van der Waals surface area (Å²) < 4.78 is 10.8. The topological polar surface area (TPSA) is 60.5 Å². The minimum absolute atomic E-state index is 0.208. The molecule has 0 bridgehead atoms. The standard InChI is InChI=1S/C20H20N2O3/c1-14(25-13-15-6-5-8-18(10-15)24-2)20(23)22-17-11-16-7-3-4-9-19(16)21-12-17/h3-12,14H,13H2,1-2H3,(H,22,23)/t14-/m0/s1. The number of hydrogen-bond acceptors (Lipinski definition) is 4. The highest BCUT2D eigenvalue weighted by Gasteiger charge is 2.14. The van der Waals surface area contributed by atoms with Crippen LogP contribution in [0.3, 0.4) is 0 Å². The number of nitrogens with zero attached hydrogens (tertiary/aromatic N) is 1. The van der Waals surface area contributed by atoms with Crippen molar-refractivity contribution in [1.82, 2.24) is 4.98 Å². The largest absolute Gasteiger partial charge is 0.497 e. The molecule has 0 aliphatic rings. The van der Waals surface area contributed by atoms with Gasteiger partial charge in [0.2, 0.25) is 0 Å². The fourth-order valence-electron chi connectivity index (χ4n) is 2.44. The highest BCUT2D eigenvalue weighted by atomic mass is 16.5. The average Bonchev–Trinajstić information content (AvgIpc) is 2.66. The first kappa shape index (κ1) is 16.9. The molecule has 5 nitrogen and oxygen atoms in total. The molecule has 0 aliphatic carbocycles. The van der Waals surface area contributed by atoms with Gasteiger partial charge in [-0.3, -0.25) is 9.78 Å². The van der Waals surface area contributed by atoms with Gasteiger partial charge in [0.25, 0.3) is 5.91 Å². The van der Waals surface area contributed by atoms with Crippen LogP contribution < -0.4 is 10.1 Å². The van der Waals surface area contributed by atoms with E-state index in [0.29, 0.717) is 12.3 Å². The summed E-state index contributed by atoms with van der Waals surface area (Å²) in [6, 6.07) is 17.2. The Balaban J connectivity index is 1.59. The first-order valence-electron chi connectivity index (χ1n) is 8.06. The lowest BCUT2D eigenvalue weighted by molar-refractivity contribution is -0.127. The molecule has 3 aromatic rings. The number of carbonyl (C=O) groups is 1. The third kappa shape index (κ3) is 4.33. The van der Waals surface area contributed by atoms with Crippen molar-refractivity contribution < 1.29 is 14.3 Å². The van der Waals surface area contributed by atoms with E-state index in [0.717, 1.165) is 22.2 Å². The Labute approximate surface area is 146 Å². The van der Waals surface area contributed by atoms with Gasteiger partial charge in [-0.2, -0.15) is 0 Å². The van der Waals surface area contributed by atoms with Gasteiger partial charge in [0.1, 0.15) is 11.9 Å². The summed E-state index contributed by atoms with van der Waals surface area (Å²) in [7, 11) is 1.62. The summed E-state index contributed by atoms with van der Waals surface area (Å²) in [5, 5.41) is 3.82. The molecule has 5 heteroatoms. The average molecular weight is 336 g/mol. The Hall–Kier alpha value is -2.92. The van der Waals surface area contributed by atoms with Gasteiger partial charge in [-0.25, -0.2) is 0 Å². The van der Waals surface area contributed by atoms with Gasteiger partial charge in [-0.1, -0.05) is 30.3 Å². The molecule has 1 atom stereocenters. The van der Waals surface area contributed by atoms with Crippen molar-refractivity contribution in [1.29, 1.82) is 0 Å². The van der Waals surface area contributed by atoms with E-state index < -0.39 is 6.10 Å². The molecule has 0 fully saturated rings. The number of anilines is 1. The number of methoxy groups -OCH3 is 1. The molecule has 0 aliphatic heterocycles. The van der Waals surface area contributed by atoms with Gasteiger partial charge in [-0.15, -0.1) is 0 Å². The Kier molecular flexibility index (Phi) is 5.26. The Morgan fingerprint density at radius 1 is 1.16 bits per heavy atom. The normalized spacial score (nSPS) is 11.9. The van der Waals surface area contributed by atoms with Crippen LogP contribution in [0.1, 0.15) is 12.5 Å². The van der Waals surface area contributed by atoms with Crippen LogP contribution in [0, 0.1) is 0 Å². The molecule has 25 heavy (non-hydrogen) atoms. The fourth-order valence-corrected chi connectivity index (χ4v) is 2.44. The second-order valence-electron chi connectivity index (χ2n) is 5.71. The van der Waals surface area contributed by atoms with Crippen LogP contribution in [-0.4, -0.2) is 24.1 Å². The Bertz CT molecular complexity index is 879. The van der Waals surface area contributed by atoms with E-state index in [2.05, 4.69) is 10.3 Å². The summed E-state index contributed by atoms with van der Waals surface area (Å²) >= 11 is 0. The van der Waals surface area contributed by atoms with Crippen LogP contribution in [-0.2, 0) is 16.1 Å². The molecule has 0 saturated carbocycles. The third-order valence-electron chi connectivity index (χ3n) is 3.86. The molecule has 0 spiro atoms. The first-order valence-corrected chi connectivity index (χ1v) is 8.06. The van der Waals surface area contributed by atoms with Crippen molar-refractivity contribution in [3.05, 3.63) is 66.4 Å². The number of rotatable bonds is 6. The first-order chi connectivity index (χ1) is 12.2. The molecule has 3 rings (SSSR count). The van der Waals surface area contributed by atoms with Crippen molar-refractivity contribution in [2.75, 3.05) is 12.4 Å². The molecule has 0 unspecified atom stereocenters. The van der Waals surface area contributed by atoms with Crippen molar-refractivity contribution >= 4 is 22.5 Å². The number of nitrogens with one attached hydrogen (secondary N) is 1. The SMILES string of the molecule is COc1cccc(CO[C@@H](C)C(=O)Nc2cnc3ccccc3c2)c1. The van der Waals surface area contributed by atoms with Gasteiger partial charge in [0, 0.05) is 5.39 Å². The predicted molar refractivity (Wildman–Crippen MR) is 97.6 cm³/mol. The third-order valence-corrected chi connectivity index (χ3v) is 3.86. The number of ether oxygens (including phenoxy) is 2. The van der Waals surface area contributed by atoms with Gasteiger partial charge in [-0.05, 0) is 36.8 Å². The zero-order chi connectivity index (χ0) is 17.6. The summed E-state index contributed by atoms with van der Waals surface area (Å²) in [6.07, 6.45) is 1.06. The van der Waals surface area contributed by atoms with Gasteiger partial charge >= 0.3 is 0 Å². The van der Waals surface area contributed by atoms with E-state index in [4.69, 9.17) is 9.47 Å². The molecule has 0 saturated heterocycles. The number of carbonyl (C=O) groups excluding carboxylic acids is 1. The smallest absolute Gasteiger partial charge is 0.253 e. The van der Waals surface area contributed by atoms with Crippen LogP contribution in [0.15, 0.2) is 60.8 Å². The second-order valence-corrected chi connectivity index (χ2v) is 5.71. The molecule has 2 aromatic carbocycles. The minimum Gasteiger partial charge on any atom is -0.497 e. The van der Waals surface area contributed by atoms with E-state index in [1.807, 2.05) is 54.6 Å². The number of para-hydroxylation sites is 1. The number of fused-ring (bicyclic) bond motifs is 1. The quantitative estimate of drug-likeness (QED) is 0.744. The van der Waals surface area contributed by atoms with E-state index in [9.17, 15) is 4.79 Å². The lowest BCUT2D eigenvalue weighted by Crippen LogP contribution is -2.27. The number of amides is 1. The summed E-state index contributed by atoms with van der Waals surface area (Å²) in [6.45, 7) is 2.06. The summed E-state index contributed by atoms with van der Waals surface area (Å²) in [5.41, 5.74) is 2.50. The maximum absolute atomic E-state index is 12.3. The number of benzene rings is 2. The molecule has 1 N–H and O–H groups in total. The Morgan fingerprint density at radius 3 is 2.84 bits per heavy atom. The maximum atomic E-state index is 12.3. The summed E-state index contributed by atoms with van der Waals surface area (Å²) in [5.74, 6) is 0.556. The predicted octanol–water partition coefficient (Wildman–Crippen LogP) is 3.79. The lowest BCUT2D eigenvalue weighted by Gasteiger charge is -2.14. The molecule has 1 aromatic heterocycles. The van der Waals surface area contributed by atoms with Crippen LogP contribution in [0.4, 0.5) is 5.69 Å². The Morgan fingerprint density at radius 2 is 2.00 bits per heavy atom. The lowest BCUT2D eigenvalue weighted by atomic mass is 10.2. The van der Waals surface area contributed by atoms with E-state index in [1.165, 1.54) is 0 Å². The second kappa shape index (κ2) is 7.77. The number of aromatic nitrogens is 1. The molecular formula is C20H20N2O3. The monoisotopic (exact) mass is 336 g/mol. The van der Waals surface area contributed by atoms with Crippen LogP contribution in [0.25, 0.3) is 10.9 Å². The number of hydrogen-bond donors (Lipinski definition) is 1. The zero-order valence-corrected chi connectivity index (χ0v) is 14.2. The van der Waals surface area contributed by atoms with E-state index >= 15 is 0 Å². The fraction of sp³-hybridized carbons (Fsp3) is 0.200. The van der Waals surface area contributed by atoms with Crippen LogP contribution in [0.2, 0.25) is 0 Å². The van der Waals surface area contributed by atoms with Crippen molar-refractivity contribution in [2.45, 2.75) is 19.6 Å². The van der Waals surface area contributed by atoms with E-state index in [-0.39, 0.29) is 5.91 Å². The van der Waals surface area contributed by atoms with Gasteiger partial charge < -0.3 is 14.8 Å². The van der Waals surface area contributed by atoms with Crippen molar-refractivity contribution in [2.24, 2.45) is 0 Å². The van der Waals surface area contributed by atoms with Gasteiger partial charge in [0.15, 0.2) is 0 Å². The van der Waals surface area contributed by atoms with Crippen molar-refractivity contribution in [3.8, 4) is 5.75 Å². The molecule has 1 heterocycles. The molecular weight excluding hydrogens is 316 g/mol. The molecule has 0 radical (unpaired) electrons.